The minimum Gasteiger partial charge on any atom is -0.370 e. The van der Waals surface area contributed by atoms with Crippen LogP contribution >= 0.6 is 15.9 Å². The molecule has 0 spiro atoms. The molecule has 0 unspecified atom stereocenters. The first-order valence-corrected chi connectivity index (χ1v) is 10.5. The largest absolute Gasteiger partial charge is 0.370 e. The summed E-state index contributed by atoms with van der Waals surface area (Å²) in [5, 5.41) is 0. The molecular weight excluding hydrogens is 444 g/mol. The van der Waals surface area contributed by atoms with Gasteiger partial charge in [-0.25, -0.2) is 4.79 Å². The molecule has 0 saturated carbocycles. The SMILES string of the molecule is CCc1cccc(/C=C/c2c(Br)ccc(=O)n2CCc2ccc(C(=O)ON)cc2)c1. The Balaban J connectivity index is 1.83. The molecule has 0 aliphatic rings. The van der Waals surface area contributed by atoms with E-state index in [4.69, 9.17) is 5.90 Å². The highest BCUT2D eigenvalue weighted by Gasteiger charge is 2.08. The van der Waals surface area contributed by atoms with E-state index in [-0.39, 0.29) is 5.56 Å². The molecule has 0 aliphatic heterocycles. The summed E-state index contributed by atoms with van der Waals surface area (Å²) in [4.78, 5) is 28.2. The van der Waals surface area contributed by atoms with Gasteiger partial charge in [0.1, 0.15) is 0 Å². The lowest BCUT2D eigenvalue weighted by atomic mass is 10.1. The van der Waals surface area contributed by atoms with Crippen LogP contribution in [0.1, 0.15) is 39.7 Å². The Morgan fingerprint density at radius 3 is 2.53 bits per heavy atom. The Kier molecular flexibility index (Phi) is 7.38. The Bertz CT molecular complexity index is 1120. The Morgan fingerprint density at radius 2 is 1.83 bits per heavy atom. The molecule has 154 valence electrons. The van der Waals surface area contributed by atoms with Crippen molar-refractivity contribution in [3.63, 3.8) is 0 Å². The molecule has 0 aliphatic carbocycles. The van der Waals surface area contributed by atoms with Crippen molar-refractivity contribution in [1.82, 2.24) is 4.57 Å². The second-order valence-corrected chi connectivity index (χ2v) is 7.69. The summed E-state index contributed by atoms with van der Waals surface area (Å²) in [6.07, 6.45) is 5.59. The van der Waals surface area contributed by atoms with Gasteiger partial charge in [-0.1, -0.05) is 49.4 Å². The third-order valence-electron chi connectivity index (χ3n) is 4.89. The lowest BCUT2D eigenvalue weighted by molar-refractivity contribution is 0.0503. The summed E-state index contributed by atoms with van der Waals surface area (Å²) < 4.78 is 2.60. The van der Waals surface area contributed by atoms with Crippen molar-refractivity contribution in [3.05, 3.63) is 103 Å². The first kappa shape index (κ1) is 21.7. The van der Waals surface area contributed by atoms with Gasteiger partial charge in [0.15, 0.2) is 0 Å². The summed E-state index contributed by atoms with van der Waals surface area (Å²) >= 11 is 3.57. The highest BCUT2D eigenvalue weighted by molar-refractivity contribution is 9.10. The minimum atomic E-state index is -0.579. The summed E-state index contributed by atoms with van der Waals surface area (Å²) in [6.45, 7) is 2.63. The van der Waals surface area contributed by atoms with Crippen molar-refractivity contribution < 1.29 is 9.63 Å². The van der Waals surface area contributed by atoms with Crippen molar-refractivity contribution >= 4 is 34.1 Å². The van der Waals surface area contributed by atoms with E-state index in [1.54, 1.807) is 28.8 Å². The van der Waals surface area contributed by atoms with Gasteiger partial charge in [-0.3, -0.25) is 4.79 Å². The predicted molar refractivity (Wildman–Crippen MR) is 123 cm³/mol. The van der Waals surface area contributed by atoms with Crippen molar-refractivity contribution in [3.8, 4) is 0 Å². The van der Waals surface area contributed by atoms with Gasteiger partial charge >= 0.3 is 5.97 Å². The Hall–Kier alpha value is -2.96. The highest BCUT2D eigenvalue weighted by atomic mass is 79.9. The Labute approximate surface area is 183 Å². The molecule has 2 aromatic carbocycles. The van der Waals surface area contributed by atoms with Crippen molar-refractivity contribution in [2.75, 3.05) is 0 Å². The third kappa shape index (κ3) is 5.34. The molecule has 0 saturated heterocycles. The third-order valence-corrected chi connectivity index (χ3v) is 5.56. The molecule has 2 N–H and O–H groups in total. The number of hydrogen-bond acceptors (Lipinski definition) is 4. The maximum Gasteiger partial charge on any atom is 0.356 e. The van der Waals surface area contributed by atoms with Crippen LogP contribution in [-0.2, 0) is 24.2 Å². The zero-order valence-electron chi connectivity index (χ0n) is 16.7. The van der Waals surface area contributed by atoms with E-state index in [9.17, 15) is 9.59 Å². The fourth-order valence-corrected chi connectivity index (χ4v) is 3.65. The maximum atomic E-state index is 12.5. The summed E-state index contributed by atoms with van der Waals surface area (Å²) in [5.41, 5.74) is 4.49. The summed E-state index contributed by atoms with van der Waals surface area (Å²) in [7, 11) is 0. The number of halogens is 1. The monoisotopic (exact) mass is 466 g/mol. The maximum absolute atomic E-state index is 12.5. The zero-order valence-corrected chi connectivity index (χ0v) is 18.3. The fraction of sp³-hybridized carbons (Fsp3) is 0.167. The molecular formula is C24H23BrN2O3. The van der Waals surface area contributed by atoms with Gasteiger partial charge in [-0.15, -0.1) is 0 Å². The molecule has 0 atom stereocenters. The lowest BCUT2D eigenvalue weighted by Gasteiger charge is -2.12. The van der Waals surface area contributed by atoms with Crippen LogP contribution in [0, 0.1) is 0 Å². The van der Waals surface area contributed by atoms with Crippen molar-refractivity contribution in [2.45, 2.75) is 26.3 Å². The number of carbonyl (C=O) groups is 1. The van der Waals surface area contributed by atoms with Crippen LogP contribution < -0.4 is 11.5 Å². The minimum absolute atomic E-state index is 0.0662. The van der Waals surface area contributed by atoms with Crippen LogP contribution in [0.3, 0.4) is 0 Å². The van der Waals surface area contributed by atoms with Crippen LogP contribution in [0.15, 0.2) is 69.9 Å². The number of aryl methyl sites for hydroxylation is 2. The second-order valence-electron chi connectivity index (χ2n) is 6.84. The number of benzene rings is 2. The molecule has 0 fully saturated rings. The molecule has 3 rings (SSSR count). The van der Waals surface area contributed by atoms with E-state index in [1.165, 1.54) is 5.56 Å². The number of carbonyl (C=O) groups excluding carboxylic acids is 1. The van der Waals surface area contributed by atoms with Gasteiger partial charge in [0, 0.05) is 17.1 Å². The van der Waals surface area contributed by atoms with Gasteiger partial charge in [-0.2, -0.15) is 5.90 Å². The average Bonchev–Trinajstić information content (AvgIpc) is 2.78. The number of nitrogens with two attached hydrogens (primary N) is 1. The van der Waals surface area contributed by atoms with Crippen LogP contribution in [0.5, 0.6) is 0 Å². The normalized spacial score (nSPS) is 11.0. The van der Waals surface area contributed by atoms with Crippen LogP contribution in [0.25, 0.3) is 12.2 Å². The van der Waals surface area contributed by atoms with E-state index in [1.807, 2.05) is 36.4 Å². The standard InChI is InChI=1S/C24H23BrN2O3/c1-2-17-4-3-5-19(16-17)8-12-22-21(25)11-13-23(28)27(22)15-14-18-6-9-20(10-7-18)24(29)30-26/h3-13,16H,2,14-15,26H2,1H3/b12-8+. The van der Waals surface area contributed by atoms with E-state index in [2.05, 4.69) is 39.8 Å². The van der Waals surface area contributed by atoms with Crippen molar-refractivity contribution in [1.29, 1.82) is 0 Å². The highest BCUT2D eigenvalue weighted by Crippen LogP contribution is 2.19. The van der Waals surface area contributed by atoms with Crippen molar-refractivity contribution in [2.24, 2.45) is 5.90 Å². The van der Waals surface area contributed by atoms with Gasteiger partial charge < -0.3 is 9.40 Å². The van der Waals surface area contributed by atoms with Gasteiger partial charge in [0.05, 0.1) is 11.3 Å². The summed E-state index contributed by atoms with van der Waals surface area (Å²) in [6, 6.07) is 18.6. The topological polar surface area (TPSA) is 74.3 Å². The van der Waals surface area contributed by atoms with E-state index in [0.29, 0.717) is 18.5 Å². The molecule has 1 aromatic heterocycles. The molecule has 3 aromatic rings. The second kappa shape index (κ2) is 10.2. The van der Waals surface area contributed by atoms with Crippen LogP contribution in [0.2, 0.25) is 0 Å². The quantitative estimate of drug-likeness (QED) is 0.515. The average molecular weight is 467 g/mol. The van der Waals surface area contributed by atoms with Gasteiger partial charge in [-0.05, 0) is 69.7 Å². The van der Waals surface area contributed by atoms with E-state index in [0.717, 1.165) is 27.7 Å². The van der Waals surface area contributed by atoms with E-state index < -0.39 is 5.97 Å². The zero-order chi connectivity index (χ0) is 21.5. The molecule has 5 nitrogen and oxygen atoms in total. The molecule has 30 heavy (non-hydrogen) atoms. The fourth-order valence-electron chi connectivity index (χ4n) is 3.18. The first-order chi connectivity index (χ1) is 14.5. The molecule has 6 heteroatoms. The molecule has 1 heterocycles. The first-order valence-electron chi connectivity index (χ1n) is 9.68. The van der Waals surface area contributed by atoms with Gasteiger partial charge in [0.25, 0.3) is 5.56 Å². The van der Waals surface area contributed by atoms with Crippen LogP contribution in [-0.4, -0.2) is 10.5 Å². The van der Waals surface area contributed by atoms with E-state index >= 15 is 0 Å². The Morgan fingerprint density at radius 1 is 1.07 bits per heavy atom. The molecule has 0 amide bonds. The van der Waals surface area contributed by atoms with Gasteiger partial charge in [0.2, 0.25) is 0 Å². The number of aromatic nitrogens is 1. The van der Waals surface area contributed by atoms with Crippen LogP contribution in [0.4, 0.5) is 0 Å². The predicted octanol–water partition coefficient (Wildman–Crippen LogP) is 4.62. The number of pyridine rings is 1. The summed E-state index contributed by atoms with van der Waals surface area (Å²) in [5.74, 6) is 4.33. The molecule has 0 bridgehead atoms. The number of nitrogens with zero attached hydrogens (tertiary/aromatic N) is 1. The number of hydrogen-bond donors (Lipinski definition) is 1. The smallest absolute Gasteiger partial charge is 0.356 e. The number of rotatable bonds is 7. The molecule has 0 radical (unpaired) electrons. The lowest BCUT2D eigenvalue weighted by Crippen LogP contribution is -2.22.